The Morgan fingerprint density at radius 3 is 2.18 bits per heavy atom. The van der Waals surface area contributed by atoms with Crippen molar-refractivity contribution in [1.29, 1.82) is 0 Å². The summed E-state index contributed by atoms with van der Waals surface area (Å²) in [5.41, 5.74) is 3.73. The van der Waals surface area contributed by atoms with Crippen LogP contribution in [-0.4, -0.2) is 63.8 Å². The summed E-state index contributed by atoms with van der Waals surface area (Å²) >= 11 is 0. The van der Waals surface area contributed by atoms with E-state index in [4.69, 9.17) is 0 Å². The zero-order chi connectivity index (χ0) is 20.8. The van der Waals surface area contributed by atoms with Gasteiger partial charge in [-0.15, -0.1) is 7.92 Å². The van der Waals surface area contributed by atoms with Crippen molar-refractivity contribution in [1.82, 2.24) is 4.90 Å². The molecule has 0 aliphatic carbocycles. The Balaban J connectivity index is 2.94. The molecule has 0 amide bonds. The molecule has 0 atom stereocenters. The molecule has 0 N–H and O–H groups in total. The second kappa shape index (κ2) is 15.0. The normalized spacial score (nSPS) is 11.4. The number of unbranched alkanes of at least 4 members (excludes halogenated alkanes) is 1. The number of aliphatic imine (C=N–C) groups is 1. The number of aryl methyl sites for hydroxylation is 1. The Bertz CT molecular complexity index is 539. The highest BCUT2D eigenvalue weighted by molar-refractivity contribution is 7.55. The molecule has 0 spiro atoms. The lowest BCUT2D eigenvalue weighted by Crippen LogP contribution is -2.36. The fraction of sp³-hybridized carbons (Fsp3) is 0.708. The van der Waals surface area contributed by atoms with Crippen LogP contribution in [0.25, 0.3) is 0 Å². The molecule has 28 heavy (non-hydrogen) atoms. The summed E-state index contributed by atoms with van der Waals surface area (Å²) < 4.78 is 0. The average Bonchev–Trinajstić information content (AvgIpc) is 2.67. The Labute approximate surface area is 176 Å². The van der Waals surface area contributed by atoms with Crippen molar-refractivity contribution in [3.05, 3.63) is 23.8 Å². The molecular formula is C24H44N3P. The maximum Gasteiger partial charge on any atom is 0.0855 e. The number of hydrogen-bond acceptors (Lipinski definition) is 3. The Kier molecular flexibility index (Phi) is 13.4. The number of rotatable bonds is 16. The first-order chi connectivity index (χ1) is 13.5. The predicted octanol–water partition coefficient (Wildman–Crippen LogP) is 6.42. The SMILES string of the molecule is C=Nc1ccc(CCC)cc1N(CCCCP(C)C)CCN(CCC)CCC. The maximum atomic E-state index is 4.35. The standard InChI is InChI=1S/C24H44N3P/c1-7-12-22-13-14-23(25-4)24(21-22)27(17-10-11-20-28(5)6)19-18-26(15-8-2)16-9-3/h13-14,21H,4,7-12,15-20H2,1-3,5-6H3. The lowest BCUT2D eigenvalue weighted by Gasteiger charge is -2.30. The summed E-state index contributed by atoms with van der Waals surface area (Å²) in [5, 5.41) is 0. The first-order valence-electron chi connectivity index (χ1n) is 11.3. The smallest absolute Gasteiger partial charge is 0.0855 e. The summed E-state index contributed by atoms with van der Waals surface area (Å²) in [7, 11) is 0.212. The highest BCUT2D eigenvalue weighted by Gasteiger charge is 2.14. The predicted molar refractivity (Wildman–Crippen MR) is 132 cm³/mol. The van der Waals surface area contributed by atoms with E-state index in [9.17, 15) is 0 Å². The second-order valence-corrected chi connectivity index (χ2v) is 10.7. The molecule has 0 aliphatic heterocycles. The van der Waals surface area contributed by atoms with Gasteiger partial charge in [-0.25, -0.2) is 0 Å². The van der Waals surface area contributed by atoms with Crippen LogP contribution in [0.5, 0.6) is 0 Å². The number of nitrogens with zero attached hydrogens (tertiary/aromatic N) is 3. The first-order valence-corrected chi connectivity index (χ1v) is 13.7. The largest absolute Gasteiger partial charge is 0.369 e. The number of hydrogen-bond donors (Lipinski definition) is 0. The van der Waals surface area contributed by atoms with Crippen molar-refractivity contribution in [3.63, 3.8) is 0 Å². The molecule has 0 saturated carbocycles. The van der Waals surface area contributed by atoms with Gasteiger partial charge in [0.1, 0.15) is 0 Å². The van der Waals surface area contributed by atoms with E-state index in [1.54, 1.807) is 0 Å². The molecule has 0 fully saturated rings. The van der Waals surface area contributed by atoms with Crippen LogP contribution in [0.4, 0.5) is 11.4 Å². The highest BCUT2D eigenvalue weighted by Crippen LogP contribution is 2.31. The topological polar surface area (TPSA) is 18.8 Å². The monoisotopic (exact) mass is 405 g/mol. The van der Waals surface area contributed by atoms with Crippen molar-refractivity contribution >= 4 is 26.0 Å². The third-order valence-corrected chi connectivity index (χ3v) is 6.35. The van der Waals surface area contributed by atoms with Crippen LogP contribution in [0.3, 0.4) is 0 Å². The molecule has 3 nitrogen and oxygen atoms in total. The van der Waals surface area contributed by atoms with Gasteiger partial charge in [0.2, 0.25) is 0 Å². The third kappa shape index (κ3) is 9.52. The summed E-state index contributed by atoms with van der Waals surface area (Å²) in [6.07, 6.45) is 8.72. The first kappa shape index (κ1) is 25.1. The fourth-order valence-electron chi connectivity index (χ4n) is 3.71. The Morgan fingerprint density at radius 1 is 0.893 bits per heavy atom. The van der Waals surface area contributed by atoms with Crippen LogP contribution in [0.1, 0.15) is 58.4 Å². The van der Waals surface area contributed by atoms with E-state index in [0.29, 0.717) is 0 Å². The average molecular weight is 406 g/mol. The van der Waals surface area contributed by atoms with Gasteiger partial charge in [0.15, 0.2) is 0 Å². The minimum Gasteiger partial charge on any atom is -0.369 e. The molecule has 1 aromatic carbocycles. The lowest BCUT2D eigenvalue weighted by atomic mass is 10.1. The van der Waals surface area contributed by atoms with Gasteiger partial charge >= 0.3 is 0 Å². The molecule has 0 saturated heterocycles. The molecule has 1 aromatic rings. The Hall–Kier alpha value is -0.920. The molecule has 0 heterocycles. The van der Waals surface area contributed by atoms with E-state index >= 15 is 0 Å². The molecule has 0 aliphatic rings. The van der Waals surface area contributed by atoms with Gasteiger partial charge in [0, 0.05) is 19.6 Å². The van der Waals surface area contributed by atoms with Gasteiger partial charge < -0.3 is 9.80 Å². The minimum absolute atomic E-state index is 0.212. The van der Waals surface area contributed by atoms with E-state index in [-0.39, 0.29) is 7.92 Å². The van der Waals surface area contributed by atoms with E-state index in [1.165, 1.54) is 62.6 Å². The molecule has 0 bridgehead atoms. The summed E-state index contributed by atoms with van der Waals surface area (Å²) in [5.74, 6) is 0. The van der Waals surface area contributed by atoms with Gasteiger partial charge in [0.25, 0.3) is 0 Å². The zero-order valence-electron chi connectivity index (χ0n) is 19.2. The Morgan fingerprint density at radius 2 is 1.61 bits per heavy atom. The number of anilines is 1. The summed E-state index contributed by atoms with van der Waals surface area (Å²) in [4.78, 5) is 9.54. The van der Waals surface area contributed by atoms with Crippen molar-refractivity contribution in [2.45, 2.75) is 59.3 Å². The van der Waals surface area contributed by atoms with E-state index < -0.39 is 0 Å². The lowest BCUT2D eigenvalue weighted by molar-refractivity contribution is 0.279. The quantitative estimate of drug-likeness (QED) is 0.179. The van der Waals surface area contributed by atoms with Gasteiger partial charge in [-0.05, 0) is 89.1 Å². The van der Waals surface area contributed by atoms with Crippen LogP contribution in [-0.2, 0) is 6.42 Å². The van der Waals surface area contributed by atoms with Crippen molar-refractivity contribution in [3.8, 4) is 0 Å². The van der Waals surface area contributed by atoms with Crippen molar-refractivity contribution in [2.75, 3.05) is 57.1 Å². The summed E-state index contributed by atoms with van der Waals surface area (Å²) in [6, 6.07) is 6.74. The maximum absolute atomic E-state index is 4.35. The zero-order valence-corrected chi connectivity index (χ0v) is 20.1. The van der Waals surface area contributed by atoms with E-state index in [1.807, 2.05) is 0 Å². The van der Waals surface area contributed by atoms with Crippen molar-refractivity contribution in [2.24, 2.45) is 4.99 Å². The van der Waals surface area contributed by atoms with Gasteiger partial charge in [-0.3, -0.25) is 4.99 Å². The van der Waals surface area contributed by atoms with Crippen LogP contribution in [0, 0.1) is 0 Å². The number of benzene rings is 1. The van der Waals surface area contributed by atoms with Crippen molar-refractivity contribution < 1.29 is 0 Å². The summed E-state index contributed by atoms with van der Waals surface area (Å²) in [6.45, 7) is 21.1. The molecule has 160 valence electrons. The highest BCUT2D eigenvalue weighted by atomic mass is 31.1. The molecule has 1 rings (SSSR count). The van der Waals surface area contributed by atoms with E-state index in [2.05, 4.69) is 73.8 Å². The van der Waals surface area contributed by atoms with Gasteiger partial charge in [0.05, 0.1) is 11.4 Å². The molecular weight excluding hydrogens is 361 g/mol. The van der Waals surface area contributed by atoms with E-state index in [0.717, 1.165) is 31.7 Å². The molecule has 4 heteroatoms. The fourth-order valence-corrected chi connectivity index (χ4v) is 4.57. The molecule has 0 unspecified atom stereocenters. The second-order valence-electron chi connectivity index (χ2n) is 8.07. The van der Waals surface area contributed by atoms with Crippen LogP contribution in [0.2, 0.25) is 0 Å². The van der Waals surface area contributed by atoms with Crippen LogP contribution >= 0.6 is 7.92 Å². The third-order valence-electron chi connectivity index (χ3n) is 5.14. The molecule has 0 aromatic heterocycles. The van der Waals surface area contributed by atoms with Crippen LogP contribution < -0.4 is 4.90 Å². The van der Waals surface area contributed by atoms with Crippen LogP contribution in [0.15, 0.2) is 23.2 Å². The minimum atomic E-state index is 0.212. The molecule has 0 radical (unpaired) electrons. The van der Waals surface area contributed by atoms with Gasteiger partial charge in [-0.1, -0.05) is 33.3 Å². The van der Waals surface area contributed by atoms with Gasteiger partial charge in [-0.2, -0.15) is 0 Å².